The second-order valence-corrected chi connectivity index (χ2v) is 3.69. The lowest BCUT2D eigenvalue weighted by Crippen LogP contribution is -2.27. The fourth-order valence-electron chi connectivity index (χ4n) is 1.64. The van der Waals surface area contributed by atoms with Crippen molar-refractivity contribution < 1.29 is 1.43 Å². The van der Waals surface area contributed by atoms with Gasteiger partial charge in [0.05, 0.1) is 0 Å². The van der Waals surface area contributed by atoms with Gasteiger partial charge in [-0.05, 0) is 32.2 Å². The van der Waals surface area contributed by atoms with Crippen LogP contribution in [0, 0.1) is 5.92 Å². The van der Waals surface area contributed by atoms with E-state index >= 15 is 0 Å². The minimum Gasteiger partial charge on any atom is -0.317 e. The number of allylic oxidation sites excluding steroid dienone is 1. The Morgan fingerprint density at radius 3 is 2.73 bits per heavy atom. The summed E-state index contributed by atoms with van der Waals surface area (Å²) in [5.41, 5.74) is 1.65. The molecular weight excluding hydrogens is 134 g/mol. The second-order valence-electron chi connectivity index (χ2n) is 3.69. The molecule has 1 rings (SSSR count). The van der Waals surface area contributed by atoms with E-state index in [-0.39, 0.29) is 1.43 Å². The summed E-state index contributed by atoms with van der Waals surface area (Å²) < 4.78 is 0. The number of nitrogens with one attached hydrogen (secondary N) is 1. The molecule has 0 spiro atoms. The largest absolute Gasteiger partial charge is 0.317 e. The molecule has 0 aliphatic heterocycles. The zero-order chi connectivity index (χ0) is 8.27. The standard InChI is InChI=1S/C10H19N.H2/c1-8(2)9-4-6-10(11-3)7-5-9;/h4,8,10-11H,5-7H2,1-3H3;1H/t10-;/m0./s1. The minimum absolute atomic E-state index is 0. The van der Waals surface area contributed by atoms with Crippen molar-refractivity contribution in [2.75, 3.05) is 7.05 Å². The Bertz CT molecular complexity index is 152. The molecule has 0 radical (unpaired) electrons. The van der Waals surface area contributed by atoms with Crippen molar-refractivity contribution in [3.8, 4) is 0 Å². The number of hydrogen-bond donors (Lipinski definition) is 1. The molecule has 0 saturated carbocycles. The van der Waals surface area contributed by atoms with E-state index in [1.165, 1.54) is 19.3 Å². The Hall–Kier alpha value is -0.300. The van der Waals surface area contributed by atoms with Gasteiger partial charge in [-0.3, -0.25) is 0 Å². The molecule has 0 unspecified atom stereocenters. The fourth-order valence-corrected chi connectivity index (χ4v) is 1.64. The summed E-state index contributed by atoms with van der Waals surface area (Å²) >= 11 is 0. The van der Waals surface area contributed by atoms with Crippen LogP contribution >= 0.6 is 0 Å². The van der Waals surface area contributed by atoms with E-state index in [0.29, 0.717) is 0 Å². The van der Waals surface area contributed by atoms with Gasteiger partial charge in [-0.15, -0.1) is 0 Å². The molecule has 0 aromatic heterocycles. The Morgan fingerprint density at radius 1 is 1.64 bits per heavy atom. The zero-order valence-corrected chi connectivity index (χ0v) is 7.85. The molecule has 66 valence electrons. The van der Waals surface area contributed by atoms with E-state index in [1.54, 1.807) is 5.57 Å². The minimum atomic E-state index is 0. The van der Waals surface area contributed by atoms with Gasteiger partial charge in [0, 0.05) is 7.47 Å². The first-order valence-corrected chi connectivity index (χ1v) is 4.60. The van der Waals surface area contributed by atoms with Gasteiger partial charge in [-0.2, -0.15) is 0 Å². The molecule has 1 nitrogen and oxygen atoms in total. The van der Waals surface area contributed by atoms with Gasteiger partial charge in [0.15, 0.2) is 0 Å². The molecule has 0 bridgehead atoms. The summed E-state index contributed by atoms with van der Waals surface area (Å²) in [6, 6.07) is 0.734. The first kappa shape index (κ1) is 8.79. The highest BCUT2D eigenvalue weighted by Crippen LogP contribution is 2.23. The van der Waals surface area contributed by atoms with Crippen molar-refractivity contribution in [1.82, 2.24) is 5.32 Å². The van der Waals surface area contributed by atoms with Crippen molar-refractivity contribution in [1.29, 1.82) is 0 Å². The molecule has 0 aromatic rings. The maximum Gasteiger partial charge on any atom is 0.0102 e. The van der Waals surface area contributed by atoms with Crippen LogP contribution < -0.4 is 5.32 Å². The second kappa shape index (κ2) is 3.91. The van der Waals surface area contributed by atoms with Gasteiger partial charge in [0.1, 0.15) is 0 Å². The Morgan fingerprint density at radius 2 is 2.36 bits per heavy atom. The molecule has 11 heavy (non-hydrogen) atoms. The smallest absolute Gasteiger partial charge is 0.0102 e. The molecule has 0 aromatic carbocycles. The van der Waals surface area contributed by atoms with Gasteiger partial charge < -0.3 is 5.32 Å². The molecule has 1 heteroatoms. The summed E-state index contributed by atoms with van der Waals surface area (Å²) in [6.45, 7) is 4.57. The molecular formula is C10H21N. The zero-order valence-electron chi connectivity index (χ0n) is 7.85. The van der Waals surface area contributed by atoms with Crippen molar-refractivity contribution in [2.24, 2.45) is 5.92 Å². The molecule has 0 fully saturated rings. The van der Waals surface area contributed by atoms with E-state index in [1.807, 2.05) is 0 Å². The Labute approximate surface area is 71.4 Å². The highest BCUT2D eigenvalue weighted by Gasteiger charge is 2.13. The Balaban J connectivity index is 0.00000121. The van der Waals surface area contributed by atoms with Crippen molar-refractivity contribution in [3.63, 3.8) is 0 Å². The van der Waals surface area contributed by atoms with Gasteiger partial charge in [0.2, 0.25) is 0 Å². The summed E-state index contributed by atoms with van der Waals surface area (Å²) in [5, 5.41) is 3.32. The highest BCUT2D eigenvalue weighted by atomic mass is 14.9. The predicted molar refractivity (Wildman–Crippen MR) is 51.7 cm³/mol. The molecule has 0 heterocycles. The van der Waals surface area contributed by atoms with Crippen LogP contribution in [0.25, 0.3) is 0 Å². The van der Waals surface area contributed by atoms with Crippen molar-refractivity contribution in [2.45, 2.75) is 39.2 Å². The van der Waals surface area contributed by atoms with Gasteiger partial charge in [0.25, 0.3) is 0 Å². The van der Waals surface area contributed by atoms with Crippen LogP contribution in [0.2, 0.25) is 0 Å². The van der Waals surface area contributed by atoms with Crippen LogP contribution in [0.1, 0.15) is 34.5 Å². The average Bonchev–Trinajstić information content (AvgIpc) is 2.05. The van der Waals surface area contributed by atoms with Gasteiger partial charge in [-0.25, -0.2) is 0 Å². The van der Waals surface area contributed by atoms with Crippen LogP contribution in [-0.2, 0) is 0 Å². The SMILES string of the molecule is CN[C@H]1CC=C(C(C)C)CC1.[HH]. The fraction of sp³-hybridized carbons (Fsp3) is 0.800. The van der Waals surface area contributed by atoms with Crippen LogP contribution in [-0.4, -0.2) is 13.1 Å². The van der Waals surface area contributed by atoms with E-state index in [4.69, 9.17) is 0 Å². The molecule has 1 aliphatic carbocycles. The van der Waals surface area contributed by atoms with Gasteiger partial charge in [-0.1, -0.05) is 25.5 Å². The maximum atomic E-state index is 3.32. The van der Waals surface area contributed by atoms with Crippen LogP contribution in [0.3, 0.4) is 0 Å². The molecule has 1 N–H and O–H groups in total. The number of hydrogen-bond acceptors (Lipinski definition) is 1. The lowest BCUT2D eigenvalue weighted by molar-refractivity contribution is 0.487. The molecule has 1 atom stereocenters. The van der Waals surface area contributed by atoms with E-state index in [0.717, 1.165) is 12.0 Å². The third kappa shape index (κ3) is 2.33. The van der Waals surface area contributed by atoms with E-state index in [9.17, 15) is 0 Å². The average molecular weight is 155 g/mol. The maximum absolute atomic E-state index is 3.32. The molecule has 0 saturated heterocycles. The highest BCUT2D eigenvalue weighted by molar-refractivity contribution is 5.09. The predicted octanol–water partition coefficient (Wildman–Crippen LogP) is 2.59. The van der Waals surface area contributed by atoms with Gasteiger partial charge >= 0.3 is 0 Å². The lowest BCUT2D eigenvalue weighted by atomic mass is 9.89. The first-order chi connectivity index (χ1) is 5.24. The lowest BCUT2D eigenvalue weighted by Gasteiger charge is -2.23. The third-order valence-electron chi connectivity index (χ3n) is 2.60. The Kier molecular flexibility index (Phi) is 3.13. The monoisotopic (exact) mass is 155 g/mol. The van der Waals surface area contributed by atoms with Crippen molar-refractivity contribution in [3.05, 3.63) is 11.6 Å². The normalized spacial score (nSPS) is 25.5. The van der Waals surface area contributed by atoms with Crippen LogP contribution in [0.4, 0.5) is 0 Å². The summed E-state index contributed by atoms with van der Waals surface area (Å²) in [6.07, 6.45) is 6.25. The molecule has 0 amide bonds. The van der Waals surface area contributed by atoms with Crippen molar-refractivity contribution >= 4 is 0 Å². The third-order valence-corrected chi connectivity index (χ3v) is 2.60. The topological polar surface area (TPSA) is 12.0 Å². The number of rotatable bonds is 2. The van der Waals surface area contributed by atoms with E-state index in [2.05, 4.69) is 32.3 Å². The first-order valence-electron chi connectivity index (χ1n) is 4.60. The summed E-state index contributed by atoms with van der Waals surface area (Å²) in [5.74, 6) is 0.757. The summed E-state index contributed by atoms with van der Waals surface area (Å²) in [4.78, 5) is 0. The molecule has 1 aliphatic rings. The van der Waals surface area contributed by atoms with Crippen LogP contribution in [0.5, 0.6) is 0 Å². The van der Waals surface area contributed by atoms with E-state index < -0.39 is 0 Å². The quantitative estimate of drug-likeness (QED) is 0.604. The van der Waals surface area contributed by atoms with Crippen LogP contribution in [0.15, 0.2) is 11.6 Å². The summed E-state index contributed by atoms with van der Waals surface area (Å²) in [7, 11) is 2.05.